The monoisotopic (exact) mass is 735 g/mol. The molecule has 8 atom stereocenters. The van der Waals surface area contributed by atoms with Gasteiger partial charge in [0.15, 0.2) is 0 Å². The molecule has 15 nitrogen and oxygen atoms in total. The Labute approximate surface area is 302 Å². The highest BCUT2D eigenvalue weighted by Gasteiger charge is 2.14. The van der Waals surface area contributed by atoms with Gasteiger partial charge in [-0.05, 0) is 55.4 Å². The third kappa shape index (κ3) is 40.2. The van der Waals surface area contributed by atoms with Crippen molar-refractivity contribution in [3.63, 3.8) is 0 Å². The highest BCUT2D eigenvalue weighted by Crippen LogP contribution is 2.05. The number of hydrogen-bond acceptors (Lipinski definition) is 15. The summed E-state index contributed by atoms with van der Waals surface area (Å²) in [7, 11) is 1.64. The zero-order valence-corrected chi connectivity index (χ0v) is 32.6. The number of hydrogen-bond donors (Lipinski definition) is 3. The highest BCUT2D eigenvalue weighted by molar-refractivity contribution is 4.59. The lowest BCUT2D eigenvalue weighted by Gasteiger charge is -2.22. The van der Waals surface area contributed by atoms with Gasteiger partial charge in [0.1, 0.15) is 0 Å². The van der Waals surface area contributed by atoms with Crippen molar-refractivity contribution in [2.45, 2.75) is 104 Å². The molecular weight excluding hydrogens is 660 g/mol. The second-order valence-electron chi connectivity index (χ2n) is 12.2. The third-order valence-corrected chi connectivity index (χ3v) is 6.36. The topological polar surface area (TPSA) is 171 Å². The Bertz CT molecular complexity index is 650. The molecule has 0 amide bonds. The molecule has 15 heteroatoms. The molecule has 0 rings (SSSR count). The van der Waals surface area contributed by atoms with E-state index < -0.39 is 6.10 Å². The van der Waals surface area contributed by atoms with E-state index in [2.05, 4.69) is 0 Å². The van der Waals surface area contributed by atoms with Crippen LogP contribution in [0.4, 0.5) is 0 Å². The molecular formula is C35H74O15. The van der Waals surface area contributed by atoms with Crippen LogP contribution in [0.3, 0.4) is 0 Å². The fourth-order valence-corrected chi connectivity index (χ4v) is 3.41. The minimum Gasteiger partial charge on any atom is -0.394 e. The van der Waals surface area contributed by atoms with E-state index in [4.69, 9.17) is 67.1 Å². The Morgan fingerprint density at radius 1 is 0.360 bits per heavy atom. The fraction of sp³-hybridized carbons (Fsp3) is 1.00. The second kappa shape index (κ2) is 38.1. The van der Waals surface area contributed by atoms with Gasteiger partial charge in [0, 0.05) is 7.11 Å². The number of aliphatic hydroxyl groups is 3. The smallest absolute Gasteiger partial charge is 0.0781 e. The minimum atomic E-state index is -0.478. The largest absolute Gasteiger partial charge is 0.394 e. The molecule has 304 valence electrons. The molecule has 0 spiro atoms. The molecule has 0 saturated heterocycles. The maximum absolute atomic E-state index is 9.24. The van der Waals surface area contributed by atoms with Crippen molar-refractivity contribution in [3.05, 3.63) is 0 Å². The van der Waals surface area contributed by atoms with E-state index >= 15 is 0 Å². The van der Waals surface area contributed by atoms with Crippen molar-refractivity contribution < 1.29 is 72.2 Å². The average molecular weight is 735 g/mol. The molecule has 0 aliphatic carbocycles. The first kappa shape index (κ1) is 51.5. The molecule has 0 aliphatic heterocycles. The van der Waals surface area contributed by atoms with Gasteiger partial charge in [-0.25, -0.2) is 0 Å². The Balaban J connectivity index is 0. The number of rotatable bonds is 36. The highest BCUT2D eigenvalue weighted by atomic mass is 16.6. The van der Waals surface area contributed by atoms with Crippen molar-refractivity contribution in [1.82, 2.24) is 0 Å². The molecule has 0 aliphatic rings. The standard InChI is InChI=1S/C24H50O9.C11H24O6/c1-17(26)10-27-19(3)12-29-21(5)14-31-23(7)16-33-24(8)15-32-22(6)13-30-20(4)11-28-18(2)9-25;1-13-4-5-15-8-9-17-11-10-16-7-6-14-3-2-12/h17-26H,9-16H2,1-8H3;12H,2-11H2,1H3. The lowest BCUT2D eigenvalue weighted by molar-refractivity contribution is -0.108. The molecule has 0 heterocycles. The maximum Gasteiger partial charge on any atom is 0.0781 e. The summed E-state index contributed by atoms with van der Waals surface area (Å²) in [4.78, 5) is 0. The summed E-state index contributed by atoms with van der Waals surface area (Å²) in [5.74, 6) is 0. The maximum atomic E-state index is 9.24. The van der Waals surface area contributed by atoms with Crippen LogP contribution in [0.5, 0.6) is 0 Å². The second-order valence-corrected chi connectivity index (χ2v) is 12.2. The lowest BCUT2D eigenvalue weighted by Crippen LogP contribution is -2.30. The van der Waals surface area contributed by atoms with E-state index in [9.17, 15) is 5.11 Å². The van der Waals surface area contributed by atoms with Gasteiger partial charge in [0.25, 0.3) is 0 Å². The third-order valence-electron chi connectivity index (χ3n) is 6.36. The predicted molar refractivity (Wildman–Crippen MR) is 189 cm³/mol. The quantitative estimate of drug-likeness (QED) is 0.0797. The van der Waals surface area contributed by atoms with Gasteiger partial charge in [0.2, 0.25) is 0 Å². The Morgan fingerprint density at radius 2 is 0.620 bits per heavy atom. The van der Waals surface area contributed by atoms with Crippen molar-refractivity contribution in [1.29, 1.82) is 0 Å². The van der Waals surface area contributed by atoms with Gasteiger partial charge in [-0.2, -0.15) is 0 Å². The summed E-state index contributed by atoms with van der Waals surface area (Å²) in [5.41, 5.74) is 0. The molecule has 0 aromatic rings. The Morgan fingerprint density at radius 3 is 0.880 bits per heavy atom. The van der Waals surface area contributed by atoms with E-state index in [1.807, 2.05) is 48.5 Å². The van der Waals surface area contributed by atoms with E-state index in [-0.39, 0.29) is 55.9 Å². The van der Waals surface area contributed by atoms with Gasteiger partial charge in [0.05, 0.1) is 168 Å². The molecule has 0 aromatic heterocycles. The molecule has 50 heavy (non-hydrogen) atoms. The van der Waals surface area contributed by atoms with Crippen LogP contribution in [0.25, 0.3) is 0 Å². The Hall–Kier alpha value is -0.600. The van der Waals surface area contributed by atoms with Gasteiger partial charge >= 0.3 is 0 Å². The van der Waals surface area contributed by atoms with Crippen molar-refractivity contribution in [3.8, 4) is 0 Å². The van der Waals surface area contributed by atoms with E-state index in [0.717, 1.165) is 0 Å². The van der Waals surface area contributed by atoms with Crippen LogP contribution in [-0.4, -0.2) is 190 Å². The number of ether oxygens (including phenoxy) is 12. The van der Waals surface area contributed by atoms with Gasteiger partial charge in [-0.3, -0.25) is 0 Å². The van der Waals surface area contributed by atoms with Crippen molar-refractivity contribution in [2.24, 2.45) is 0 Å². The van der Waals surface area contributed by atoms with Crippen LogP contribution < -0.4 is 0 Å². The van der Waals surface area contributed by atoms with E-state index in [0.29, 0.717) is 106 Å². The summed E-state index contributed by atoms with van der Waals surface area (Å²) < 4.78 is 65.3. The van der Waals surface area contributed by atoms with Crippen molar-refractivity contribution >= 4 is 0 Å². The molecule has 0 radical (unpaired) electrons. The van der Waals surface area contributed by atoms with Gasteiger partial charge in [-0.1, -0.05) is 0 Å². The molecule has 0 fully saturated rings. The molecule has 8 unspecified atom stereocenters. The minimum absolute atomic E-state index is 0.000849. The van der Waals surface area contributed by atoms with Crippen LogP contribution in [0.1, 0.15) is 55.4 Å². The number of methoxy groups -OCH3 is 1. The SMILES string of the molecule is CC(O)COC(C)COC(C)COC(C)COC(C)COC(C)COC(C)COC(C)CO.COCCOCCOCCOCCOCCO. The Kier molecular flexibility index (Phi) is 39.3. The van der Waals surface area contributed by atoms with Crippen LogP contribution in [0, 0.1) is 0 Å². The first-order valence-corrected chi connectivity index (χ1v) is 18.0. The van der Waals surface area contributed by atoms with Crippen molar-refractivity contribution in [2.75, 3.05) is 126 Å². The summed E-state index contributed by atoms with van der Waals surface area (Å²) in [6.45, 7) is 23.1. The summed E-state index contributed by atoms with van der Waals surface area (Å²) in [6, 6.07) is 0. The zero-order chi connectivity index (χ0) is 37.8. The van der Waals surface area contributed by atoms with Crippen LogP contribution in [0.15, 0.2) is 0 Å². The first-order valence-electron chi connectivity index (χ1n) is 18.0. The molecule has 0 bridgehead atoms. The molecule has 0 aromatic carbocycles. The lowest BCUT2D eigenvalue weighted by atomic mass is 10.3. The summed E-state index contributed by atoms with van der Waals surface area (Å²) in [6.07, 6.45) is -1.07. The van der Waals surface area contributed by atoms with Crippen LogP contribution in [0.2, 0.25) is 0 Å². The normalized spacial score (nSPS) is 16.6. The van der Waals surface area contributed by atoms with E-state index in [1.54, 1.807) is 14.0 Å². The predicted octanol–water partition coefficient (Wildman–Crippen LogP) is 1.89. The average Bonchev–Trinajstić information content (AvgIpc) is 3.10. The molecule has 0 saturated carbocycles. The summed E-state index contributed by atoms with van der Waals surface area (Å²) >= 11 is 0. The van der Waals surface area contributed by atoms with E-state index in [1.165, 1.54) is 0 Å². The molecule has 3 N–H and O–H groups in total. The first-order chi connectivity index (χ1) is 23.9. The van der Waals surface area contributed by atoms with Gasteiger partial charge in [-0.15, -0.1) is 0 Å². The number of aliphatic hydroxyl groups excluding tert-OH is 3. The van der Waals surface area contributed by atoms with Crippen LogP contribution >= 0.6 is 0 Å². The zero-order valence-electron chi connectivity index (χ0n) is 32.6. The fourth-order valence-electron chi connectivity index (χ4n) is 3.41. The van der Waals surface area contributed by atoms with Gasteiger partial charge < -0.3 is 72.2 Å². The van der Waals surface area contributed by atoms with Crippen LogP contribution in [-0.2, 0) is 56.8 Å². The summed E-state index contributed by atoms with van der Waals surface area (Å²) in [5, 5.41) is 26.6.